The summed E-state index contributed by atoms with van der Waals surface area (Å²) >= 11 is 0. The molecule has 0 spiro atoms. The van der Waals surface area contributed by atoms with Gasteiger partial charge in [-0.15, -0.1) is 0 Å². The fourth-order valence-electron chi connectivity index (χ4n) is 6.11. The second-order valence-electron chi connectivity index (χ2n) is 11.6. The zero-order valence-electron chi connectivity index (χ0n) is 23.2. The van der Waals surface area contributed by atoms with Crippen LogP contribution in [0.5, 0.6) is 0 Å². The zero-order chi connectivity index (χ0) is 27.1. The van der Waals surface area contributed by atoms with Crippen molar-refractivity contribution in [1.29, 1.82) is 0 Å². The normalized spacial score (nSPS) is 25.5. The first kappa shape index (κ1) is 27.8. The summed E-state index contributed by atoms with van der Waals surface area (Å²) in [5.41, 5.74) is 2.37. The summed E-state index contributed by atoms with van der Waals surface area (Å²) in [6.45, 7) is 9.18. The predicted octanol–water partition coefficient (Wildman–Crippen LogP) is 3.57. The van der Waals surface area contributed by atoms with Gasteiger partial charge in [-0.1, -0.05) is 60.7 Å². The lowest BCUT2D eigenvalue weighted by Crippen LogP contribution is -2.54. The third kappa shape index (κ3) is 7.66. The summed E-state index contributed by atoms with van der Waals surface area (Å²) in [6.07, 6.45) is 2.41. The summed E-state index contributed by atoms with van der Waals surface area (Å²) in [6, 6.07) is 20.4. The maximum atomic E-state index is 13.0. The molecule has 3 saturated heterocycles. The molecule has 5 rings (SSSR count). The van der Waals surface area contributed by atoms with E-state index in [0.29, 0.717) is 30.0 Å². The topological polar surface area (TPSA) is 62.3 Å². The van der Waals surface area contributed by atoms with E-state index in [-0.39, 0.29) is 18.3 Å². The van der Waals surface area contributed by atoms with Crippen molar-refractivity contribution >= 4 is 12.1 Å². The number of likely N-dealkylation sites (tertiary alicyclic amines) is 1. The number of quaternary nitrogens is 1. The van der Waals surface area contributed by atoms with Gasteiger partial charge in [0.25, 0.3) is 0 Å². The van der Waals surface area contributed by atoms with E-state index >= 15 is 0 Å². The number of piperidine rings is 1. The molecule has 0 bridgehead atoms. The maximum Gasteiger partial charge on any atom is 0.517 e. The number of hydrogen-bond acceptors (Lipinski definition) is 7. The third-order valence-electron chi connectivity index (χ3n) is 8.54. The van der Waals surface area contributed by atoms with Crippen LogP contribution in [-0.2, 0) is 27.4 Å². The number of rotatable bonds is 10. The molecule has 39 heavy (non-hydrogen) atoms. The molecular formula is C31H43N4O4+. The molecular weight excluding hydrogens is 492 g/mol. The Bertz CT molecular complexity index is 1070. The molecule has 3 aliphatic rings. The number of carbonyl (C=O) groups is 2. The van der Waals surface area contributed by atoms with Crippen molar-refractivity contribution in [3.05, 3.63) is 71.8 Å². The molecule has 0 aromatic heterocycles. The van der Waals surface area contributed by atoms with E-state index in [9.17, 15) is 9.59 Å². The molecule has 210 valence electrons. The van der Waals surface area contributed by atoms with Crippen LogP contribution in [0.2, 0.25) is 0 Å². The summed E-state index contributed by atoms with van der Waals surface area (Å²) < 4.78 is 11.7. The molecule has 2 atom stereocenters. The largest absolute Gasteiger partial charge is 0.517 e. The van der Waals surface area contributed by atoms with E-state index in [1.54, 1.807) is 0 Å². The lowest BCUT2D eigenvalue weighted by atomic mass is 9.95. The average molecular weight is 536 g/mol. The maximum absolute atomic E-state index is 13.0. The molecule has 0 radical (unpaired) electrons. The SMILES string of the molecule is C[N+]1(CC2CCN(Cc3ccccc3)CC2)CC(N2CCN(CCC(=O)OCc3ccccc3)CC2)OC1=O. The fourth-order valence-corrected chi connectivity index (χ4v) is 6.11. The predicted molar refractivity (Wildman–Crippen MR) is 149 cm³/mol. The lowest BCUT2D eigenvalue weighted by Gasteiger charge is -2.37. The minimum Gasteiger partial charge on any atom is -0.461 e. The highest BCUT2D eigenvalue weighted by atomic mass is 16.6. The van der Waals surface area contributed by atoms with Crippen LogP contribution in [0.15, 0.2) is 60.7 Å². The fraction of sp³-hybridized carbons (Fsp3) is 0.548. The Morgan fingerprint density at radius 1 is 0.897 bits per heavy atom. The highest BCUT2D eigenvalue weighted by Crippen LogP contribution is 2.28. The van der Waals surface area contributed by atoms with E-state index in [1.165, 1.54) is 5.56 Å². The van der Waals surface area contributed by atoms with Crippen molar-refractivity contribution in [2.24, 2.45) is 5.92 Å². The Morgan fingerprint density at radius 2 is 1.54 bits per heavy atom. The number of cyclic esters (lactones) is 1. The highest BCUT2D eigenvalue weighted by molar-refractivity contribution is 5.69. The van der Waals surface area contributed by atoms with E-state index in [4.69, 9.17) is 9.47 Å². The van der Waals surface area contributed by atoms with Crippen molar-refractivity contribution in [3.8, 4) is 0 Å². The van der Waals surface area contributed by atoms with Gasteiger partial charge in [-0.2, -0.15) is 4.79 Å². The standard InChI is InChI=1S/C31H43N4O4/c1-35(23-27-12-15-33(16-13-27)22-26-8-4-2-5-9-26)24-29(39-31(35)37)34-20-18-32(19-21-34)17-14-30(36)38-25-28-10-6-3-7-11-28/h2-11,27,29H,12-25H2,1H3/q+1. The highest BCUT2D eigenvalue weighted by Gasteiger charge is 2.49. The van der Waals surface area contributed by atoms with Crippen LogP contribution in [-0.4, -0.2) is 103 Å². The van der Waals surface area contributed by atoms with Gasteiger partial charge >= 0.3 is 12.1 Å². The van der Waals surface area contributed by atoms with Crippen molar-refractivity contribution in [3.63, 3.8) is 0 Å². The first-order chi connectivity index (χ1) is 19.0. The molecule has 3 fully saturated rings. The number of likely N-dealkylation sites (N-methyl/N-ethyl adjacent to an activating group) is 1. The number of amides is 1. The first-order valence-corrected chi connectivity index (χ1v) is 14.4. The van der Waals surface area contributed by atoms with Gasteiger partial charge in [-0.25, -0.2) is 4.48 Å². The van der Waals surface area contributed by atoms with Gasteiger partial charge in [0.1, 0.15) is 13.2 Å². The van der Waals surface area contributed by atoms with Crippen LogP contribution in [0.1, 0.15) is 30.4 Å². The minimum atomic E-state index is -0.162. The van der Waals surface area contributed by atoms with Crippen LogP contribution >= 0.6 is 0 Å². The van der Waals surface area contributed by atoms with Crippen LogP contribution < -0.4 is 0 Å². The van der Waals surface area contributed by atoms with E-state index < -0.39 is 0 Å². The van der Waals surface area contributed by atoms with Crippen molar-refractivity contribution in [2.45, 2.75) is 38.6 Å². The molecule has 2 aromatic carbocycles. The average Bonchev–Trinajstić information content (AvgIpc) is 3.26. The van der Waals surface area contributed by atoms with Crippen LogP contribution in [0, 0.1) is 5.92 Å². The Balaban J connectivity index is 1.00. The van der Waals surface area contributed by atoms with Crippen LogP contribution in [0.3, 0.4) is 0 Å². The van der Waals surface area contributed by atoms with Crippen LogP contribution in [0.4, 0.5) is 4.79 Å². The molecule has 3 heterocycles. The van der Waals surface area contributed by atoms with E-state index in [2.05, 4.69) is 52.1 Å². The van der Waals surface area contributed by atoms with Crippen molar-refractivity contribution in [1.82, 2.24) is 14.7 Å². The molecule has 3 aliphatic heterocycles. The lowest BCUT2D eigenvalue weighted by molar-refractivity contribution is -0.828. The summed E-state index contributed by atoms with van der Waals surface area (Å²) in [7, 11) is 2.05. The Kier molecular flexibility index (Phi) is 9.29. The molecule has 1 amide bonds. The van der Waals surface area contributed by atoms with Gasteiger partial charge in [0, 0.05) is 45.2 Å². The Morgan fingerprint density at radius 3 is 2.21 bits per heavy atom. The van der Waals surface area contributed by atoms with Gasteiger partial charge in [-0.3, -0.25) is 14.6 Å². The van der Waals surface area contributed by atoms with Gasteiger partial charge in [0.15, 0.2) is 0 Å². The summed E-state index contributed by atoms with van der Waals surface area (Å²) in [5, 5.41) is 0. The number of nitrogens with zero attached hydrogens (tertiary/aromatic N) is 4. The van der Waals surface area contributed by atoms with Gasteiger partial charge in [0.05, 0.1) is 20.0 Å². The minimum absolute atomic E-state index is 0.0877. The number of piperazine rings is 1. The van der Waals surface area contributed by atoms with E-state index in [1.807, 2.05) is 30.3 Å². The number of benzene rings is 2. The van der Waals surface area contributed by atoms with Gasteiger partial charge in [-0.05, 0) is 37.1 Å². The number of esters is 1. The molecule has 8 heteroatoms. The monoisotopic (exact) mass is 535 g/mol. The smallest absolute Gasteiger partial charge is 0.461 e. The number of hydrogen-bond donors (Lipinski definition) is 0. The molecule has 0 saturated carbocycles. The first-order valence-electron chi connectivity index (χ1n) is 14.4. The number of ether oxygens (including phenoxy) is 2. The third-order valence-corrected chi connectivity index (χ3v) is 8.54. The van der Waals surface area contributed by atoms with Crippen molar-refractivity contribution in [2.75, 3.05) is 66.0 Å². The molecule has 8 nitrogen and oxygen atoms in total. The summed E-state index contributed by atoms with van der Waals surface area (Å²) in [5.74, 6) is 0.386. The van der Waals surface area contributed by atoms with E-state index in [0.717, 1.165) is 77.3 Å². The second kappa shape index (κ2) is 13.0. The van der Waals surface area contributed by atoms with Gasteiger partial charge in [0.2, 0.25) is 6.23 Å². The Labute approximate surface area is 232 Å². The van der Waals surface area contributed by atoms with Crippen LogP contribution in [0.25, 0.3) is 0 Å². The molecule has 0 aliphatic carbocycles. The molecule has 2 aromatic rings. The van der Waals surface area contributed by atoms with Gasteiger partial charge < -0.3 is 14.4 Å². The summed E-state index contributed by atoms with van der Waals surface area (Å²) in [4.78, 5) is 32.3. The second-order valence-corrected chi connectivity index (χ2v) is 11.6. The van der Waals surface area contributed by atoms with Crippen molar-refractivity contribution < 1.29 is 23.5 Å². The zero-order valence-corrected chi connectivity index (χ0v) is 23.2. The quantitative estimate of drug-likeness (QED) is 0.341. The Hall–Kier alpha value is -2.78. The number of carbonyl (C=O) groups excluding carboxylic acids is 2. The molecule has 2 unspecified atom stereocenters. The molecule has 0 N–H and O–H groups in total.